The predicted molar refractivity (Wildman–Crippen MR) is 77.4 cm³/mol. The second-order valence-electron chi connectivity index (χ2n) is 3.94. The molecule has 0 unspecified atom stereocenters. The van der Waals surface area contributed by atoms with Crippen molar-refractivity contribution in [2.24, 2.45) is 15.8 Å². The van der Waals surface area contributed by atoms with Gasteiger partial charge in [-0.05, 0) is 5.56 Å². The fourth-order valence-corrected chi connectivity index (χ4v) is 1.40. The van der Waals surface area contributed by atoms with E-state index in [0.29, 0.717) is 6.41 Å². The summed E-state index contributed by atoms with van der Waals surface area (Å²) in [6.45, 7) is 0.254. The van der Waals surface area contributed by atoms with Crippen molar-refractivity contribution in [2.75, 3.05) is 0 Å². The molecule has 0 radical (unpaired) electrons. The Morgan fingerprint density at radius 3 is 2.55 bits per heavy atom. The highest BCUT2D eigenvalue weighted by Gasteiger charge is 2.12. The van der Waals surface area contributed by atoms with Gasteiger partial charge in [0.05, 0.1) is 6.54 Å². The first-order chi connectivity index (χ1) is 9.58. The van der Waals surface area contributed by atoms with Crippen molar-refractivity contribution in [3.63, 3.8) is 0 Å². The molecule has 20 heavy (non-hydrogen) atoms. The number of amidine groups is 1. The zero-order valence-corrected chi connectivity index (χ0v) is 11.0. The van der Waals surface area contributed by atoms with E-state index in [9.17, 15) is 9.59 Å². The van der Waals surface area contributed by atoms with Gasteiger partial charge < -0.3 is 11.1 Å². The second-order valence-corrected chi connectivity index (χ2v) is 3.94. The van der Waals surface area contributed by atoms with Crippen molar-refractivity contribution in [1.29, 1.82) is 5.53 Å². The maximum Gasteiger partial charge on any atom is 0.254 e. The number of hydrogen-bond acceptors (Lipinski definition) is 4. The van der Waals surface area contributed by atoms with Gasteiger partial charge in [0.25, 0.3) is 5.91 Å². The molecule has 0 bridgehead atoms. The SMILES string of the molecule is Bc1ccc(CN=C(N=N)/C(=C/NC=O)C(N)=O)cc1. The first-order valence-electron chi connectivity index (χ1n) is 5.76. The van der Waals surface area contributed by atoms with Gasteiger partial charge in [-0.25, -0.2) is 5.53 Å². The molecule has 1 aromatic carbocycles. The van der Waals surface area contributed by atoms with E-state index in [1.54, 1.807) is 0 Å². The van der Waals surface area contributed by atoms with E-state index in [4.69, 9.17) is 11.3 Å². The quantitative estimate of drug-likeness (QED) is 0.153. The van der Waals surface area contributed by atoms with Crippen molar-refractivity contribution in [3.8, 4) is 0 Å². The normalized spacial score (nSPS) is 11.8. The molecule has 0 saturated carbocycles. The highest BCUT2D eigenvalue weighted by Crippen LogP contribution is 2.04. The summed E-state index contributed by atoms with van der Waals surface area (Å²) in [4.78, 5) is 25.5. The van der Waals surface area contributed by atoms with Crippen LogP contribution < -0.4 is 16.5 Å². The van der Waals surface area contributed by atoms with Gasteiger partial charge >= 0.3 is 0 Å². The van der Waals surface area contributed by atoms with Gasteiger partial charge in [-0.2, -0.15) is 0 Å². The van der Waals surface area contributed by atoms with E-state index in [1.807, 2.05) is 32.1 Å². The van der Waals surface area contributed by atoms with Gasteiger partial charge in [0.15, 0.2) is 5.84 Å². The summed E-state index contributed by atoms with van der Waals surface area (Å²) < 4.78 is 0. The Hall–Kier alpha value is -2.77. The smallest absolute Gasteiger partial charge is 0.254 e. The molecule has 2 amide bonds. The van der Waals surface area contributed by atoms with Crippen LogP contribution in [0.2, 0.25) is 0 Å². The number of nitrogens with zero attached hydrogens (tertiary/aromatic N) is 2. The van der Waals surface area contributed by atoms with Crippen molar-refractivity contribution in [3.05, 3.63) is 41.6 Å². The molecule has 1 rings (SSSR count). The maximum atomic E-state index is 11.2. The van der Waals surface area contributed by atoms with Gasteiger partial charge in [-0.1, -0.05) is 29.7 Å². The summed E-state index contributed by atoms with van der Waals surface area (Å²) >= 11 is 0. The molecule has 4 N–H and O–H groups in total. The van der Waals surface area contributed by atoms with E-state index in [2.05, 4.69) is 15.4 Å². The molecule has 1 aromatic rings. The fourth-order valence-electron chi connectivity index (χ4n) is 1.40. The van der Waals surface area contributed by atoms with E-state index >= 15 is 0 Å². The van der Waals surface area contributed by atoms with E-state index in [0.717, 1.165) is 17.2 Å². The molecule has 0 heterocycles. The third-order valence-electron chi connectivity index (χ3n) is 2.44. The van der Waals surface area contributed by atoms with Gasteiger partial charge in [-0.15, -0.1) is 5.11 Å². The lowest BCUT2D eigenvalue weighted by Gasteiger charge is -2.03. The summed E-state index contributed by atoms with van der Waals surface area (Å²) in [5.74, 6) is -0.953. The Kier molecular flexibility index (Phi) is 5.83. The minimum atomic E-state index is -0.821. The summed E-state index contributed by atoms with van der Waals surface area (Å²) in [5, 5.41) is 5.35. The first-order valence-corrected chi connectivity index (χ1v) is 5.76. The predicted octanol–water partition coefficient (Wildman–Crippen LogP) is -1.01. The molecule has 7 nitrogen and oxygen atoms in total. The zero-order chi connectivity index (χ0) is 15.0. The third-order valence-corrected chi connectivity index (χ3v) is 2.44. The molecule has 0 saturated heterocycles. The van der Waals surface area contributed by atoms with Crippen LogP contribution in [0.3, 0.4) is 0 Å². The molecule has 0 spiro atoms. The second kappa shape index (κ2) is 7.62. The Labute approximate surface area is 116 Å². The highest BCUT2D eigenvalue weighted by molar-refractivity contribution is 6.32. The number of nitrogens with one attached hydrogen (secondary N) is 2. The lowest BCUT2D eigenvalue weighted by Crippen LogP contribution is -2.22. The molecule has 0 aromatic heterocycles. The van der Waals surface area contributed by atoms with Crippen molar-refractivity contribution in [2.45, 2.75) is 6.54 Å². The van der Waals surface area contributed by atoms with E-state index in [-0.39, 0.29) is 18.0 Å². The van der Waals surface area contributed by atoms with Crippen LogP contribution in [0.1, 0.15) is 5.56 Å². The molecule has 0 aliphatic heterocycles. The average molecular weight is 271 g/mol. The fraction of sp³-hybridized carbons (Fsp3) is 0.0833. The van der Waals surface area contributed by atoms with Gasteiger partial charge in [0.1, 0.15) is 13.4 Å². The number of benzene rings is 1. The van der Waals surface area contributed by atoms with Crippen molar-refractivity contribution in [1.82, 2.24) is 5.32 Å². The molecule has 0 fully saturated rings. The van der Waals surface area contributed by atoms with Gasteiger partial charge in [0.2, 0.25) is 6.41 Å². The van der Waals surface area contributed by atoms with Crippen molar-refractivity contribution >= 4 is 31.5 Å². The molecule has 8 heteroatoms. The van der Waals surface area contributed by atoms with Crippen LogP contribution in [0.25, 0.3) is 0 Å². The minimum Gasteiger partial charge on any atom is -0.365 e. The van der Waals surface area contributed by atoms with Crippen LogP contribution in [0.15, 0.2) is 46.1 Å². The van der Waals surface area contributed by atoms with E-state index < -0.39 is 5.91 Å². The van der Waals surface area contributed by atoms with Gasteiger partial charge in [0, 0.05) is 6.20 Å². The topological polar surface area (TPSA) is 121 Å². The highest BCUT2D eigenvalue weighted by atomic mass is 16.1. The molecule has 0 atom stereocenters. The Balaban J connectivity index is 2.95. The summed E-state index contributed by atoms with van der Waals surface area (Å²) in [6, 6.07) is 7.64. The Morgan fingerprint density at radius 1 is 1.40 bits per heavy atom. The number of primary amides is 1. The monoisotopic (exact) mass is 271 g/mol. The summed E-state index contributed by atoms with van der Waals surface area (Å²) in [5.41, 5.74) is 14.1. The lowest BCUT2D eigenvalue weighted by atomic mass is 9.95. The Morgan fingerprint density at radius 2 is 2.05 bits per heavy atom. The van der Waals surface area contributed by atoms with Crippen molar-refractivity contribution < 1.29 is 9.59 Å². The molecule has 0 aliphatic rings. The number of nitrogens with two attached hydrogens (primary N) is 1. The molecule has 0 aliphatic carbocycles. The number of rotatable bonds is 6. The van der Waals surface area contributed by atoms with Crippen LogP contribution in [0.5, 0.6) is 0 Å². The minimum absolute atomic E-state index is 0.126. The summed E-state index contributed by atoms with van der Waals surface area (Å²) in [6.07, 6.45) is 1.45. The van der Waals surface area contributed by atoms with Crippen LogP contribution in [0, 0.1) is 5.53 Å². The largest absolute Gasteiger partial charge is 0.365 e. The van der Waals surface area contributed by atoms with Crippen LogP contribution in [-0.4, -0.2) is 26.0 Å². The summed E-state index contributed by atoms with van der Waals surface area (Å²) in [7, 11) is 1.97. The van der Waals surface area contributed by atoms with E-state index in [1.165, 1.54) is 0 Å². The molecule has 102 valence electrons. The average Bonchev–Trinajstić information content (AvgIpc) is 2.44. The molecular weight excluding hydrogens is 257 g/mol. The molecular formula is C12H14BN5O2. The first kappa shape index (κ1) is 15.3. The number of carbonyl (C=O) groups excluding carboxylic acids is 2. The zero-order valence-electron chi connectivity index (χ0n) is 11.0. The number of carbonyl (C=O) groups is 2. The maximum absolute atomic E-state index is 11.2. The van der Waals surface area contributed by atoms with Gasteiger partial charge in [-0.3, -0.25) is 14.6 Å². The lowest BCUT2D eigenvalue weighted by molar-refractivity contribution is -0.114. The standard InChI is InChI=1S/C12H14BN5O2/c13-9-3-1-8(2-4-9)5-17-12(18-15)10(11(14)20)6-16-7-19/h1-4,6-7,15H,5,13H2,(H2,14,20)(H,16,19)/b10-6+,17-12?,18-15?. The number of hydrogen-bond donors (Lipinski definition) is 3. The number of amides is 2. The number of aliphatic imine (C=N–C) groups is 1. The third kappa shape index (κ3) is 4.49. The van der Waals surface area contributed by atoms with Crippen LogP contribution in [-0.2, 0) is 16.1 Å². The Bertz CT molecular complexity index is 566. The van der Waals surface area contributed by atoms with Crippen LogP contribution in [0.4, 0.5) is 0 Å². The van der Waals surface area contributed by atoms with Crippen LogP contribution >= 0.6 is 0 Å².